The normalized spacial score (nSPS) is 11.6. The molecule has 2 heterocycles. The zero-order chi connectivity index (χ0) is 13.2. The van der Waals surface area contributed by atoms with Gasteiger partial charge in [0.05, 0.1) is 18.0 Å². The highest BCUT2D eigenvalue weighted by atomic mass is 32.2. The van der Waals surface area contributed by atoms with E-state index < -0.39 is 9.84 Å². The van der Waals surface area contributed by atoms with Crippen molar-refractivity contribution >= 4 is 15.5 Å². The van der Waals surface area contributed by atoms with Gasteiger partial charge in [0.15, 0.2) is 0 Å². The van der Waals surface area contributed by atoms with E-state index in [2.05, 4.69) is 10.1 Å². The Morgan fingerprint density at radius 2 is 2.00 bits per heavy atom. The maximum atomic E-state index is 11.1. The van der Waals surface area contributed by atoms with Crippen LogP contribution in [0.4, 0.5) is 5.69 Å². The van der Waals surface area contributed by atoms with E-state index in [-0.39, 0.29) is 5.75 Å². The van der Waals surface area contributed by atoms with Crippen LogP contribution in [0.1, 0.15) is 0 Å². The lowest BCUT2D eigenvalue weighted by molar-refractivity contribution is 0.586. The van der Waals surface area contributed by atoms with Crippen LogP contribution in [0.25, 0.3) is 11.3 Å². The Labute approximate surface area is 105 Å². The van der Waals surface area contributed by atoms with Crippen LogP contribution in [0.2, 0.25) is 0 Å². The number of nitrogen functional groups attached to an aromatic ring is 1. The third kappa shape index (κ3) is 3.07. The highest BCUT2D eigenvalue weighted by Crippen LogP contribution is 2.22. The molecular weight excluding hydrogens is 252 g/mol. The second kappa shape index (κ2) is 4.77. The van der Waals surface area contributed by atoms with E-state index in [0.29, 0.717) is 17.9 Å². The summed E-state index contributed by atoms with van der Waals surface area (Å²) in [4.78, 5) is 3.92. The van der Waals surface area contributed by atoms with Gasteiger partial charge in [-0.3, -0.25) is 9.67 Å². The van der Waals surface area contributed by atoms with Crippen LogP contribution in [-0.4, -0.2) is 35.2 Å². The predicted molar refractivity (Wildman–Crippen MR) is 69.6 cm³/mol. The van der Waals surface area contributed by atoms with Gasteiger partial charge >= 0.3 is 0 Å². The third-order valence-electron chi connectivity index (χ3n) is 2.43. The van der Waals surface area contributed by atoms with Gasteiger partial charge in [-0.1, -0.05) is 0 Å². The summed E-state index contributed by atoms with van der Waals surface area (Å²) in [6, 6.07) is 3.61. The average molecular weight is 266 g/mol. The van der Waals surface area contributed by atoms with Gasteiger partial charge in [-0.2, -0.15) is 5.10 Å². The van der Waals surface area contributed by atoms with Gasteiger partial charge < -0.3 is 5.73 Å². The number of hydrogen-bond acceptors (Lipinski definition) is 5. The van der Waals surface area contributed by atoms with Crippen LogP contribution < -0.4 is 5.73 Å². The fourth-order valence-corrected chi connectivity index (χ4v) is 2.06. The average Bonchev–Trinajstić information content (AvgIpc) is 2.68. The van der Waals surface area contributed by atoms with Crippen LogP contribution in [0.15, 0.2) is 30.7 Å². The SMILES string of the molecule is CS(=O)(=O)CCn1cc(N)c(-c2ccncc2)n1. The molecule has 2 N–H and O–H groups in total. The number of anilines is 1. The van der Waals surface area contributed by atoms with Crippen molar-refractivity contribution < 1.29 is 8.42 Å². The van der Waals surface area contributed by atoms with E-state index in [1.165, 1.54) is 6.26 Å². The maximum Gasteiger partial charge on any atom is 0.149 e. The Kier molecular flexibility index (Phi) is 3.33. The van der Waals surface area contributed by atoms with E-state index in [1.807, 2.05) is 0 Å². The largest absolute Gasteiger partial charge is 0.396 e. The molecule has 0 aliphatic carbocycles. The van der Waals surface area contributed by atoms with Crippen molar-refractivity contribution in [3.05, 3.63) is 30.7 Å². The molecule has 0 aliphatic heterocycles. The molecule has 0 atom stereocenters. The lowest BCUT2D eigenvalue weighted by atomic mass is 10.2. The Morgan fingerprint density at radius 1 is 1.33 bits per heavy atom. The van der Waals surface area contributed by atoms with Gasteiger partial charge in [0.25, 0.3) is 0 Å². The summed E-state index contributed by atoms with van der Waals surface area (Å²) in [6.07, 6.45) is 6.15. The number of pyridine rings is 1. The zero-order valence-electron chi connectivity index (χ0n) is 9.94. The van der Waals surface area contributed by atoms with Crippen molar-refractivity contribution in [2.45, 2.75) is 6.54 Å². The molecule has 2 rings (SSSR count). The molecule has 0 aromatic carbocycles. The minimum Gasteiger partial charge on any atom is -0.396 e. The van der Waals surface area contributed by atoms with Crippen molar-refractivity contribution in [2.24, 2.45) is 0 Å². The lowest BCUT2D eigenvalue weighted by Crippen LogP contribution is -2.11. The minimum atomic E-state index is -3.00. The Hall–Kier alpha value is -1.89. The fraction of sp³-hybridized carbons (Fsp3) is 0.273. The second-order valence-electron chi connectivity index (χ2n) is 4.06. The molecule has 7 heteroatoms. The molecule has 0 spiro atoms. The highest BCUT2D eigenvalue weighted by molar-refractivity contribution is 7.90. The first kappa shape index (κ1) is 12.6. The summed E-state index contributed by atoms with van der Waals surface area (Å²) in [5, 5.41) is 4.28. The summed E-state index contributed by atoms with van der Waals surface area (Å²) >= 11 is 0. The number of hydrogen-bond donors (Lipinski definition) is 1. The summed E-state index contributed by atoms with van der Waals surface area (Å²) in [7, 11) is -3.00. The Balaban J connectivity index is 2.23. The molecule has 0 saturated heterocycles. The van der Waals surface area contributed by atoms with Crippen molar-refractivity contribution in [1.29, 1.82) is 0 Å². The van der Waals surface area contributed by atoms with E-state index in [9.17, 15) is 8.42 Å². The van der Waals surface area contributed by atoms with Gasteiger partial charge in [0, 0.05) is 30.4 Å². The number of nitrogens with zero attached hydrogens (tertiary/aromatic N) is 3. The van der Waals surface area contributed by atoms with Crippen molar-refractivity contribution in [1.82, 2.24) is 14.8 Å². The molecule has 6 nitrogen and oxygen atoms in total. The second-order valence-corrected chi connectivity index (χ2v) is 6.32. The summed E-state index contributed by atoms with van der Waals surface area (Å²) in [5.41, 5.74) is 7.89. The Bertz CT molecular complexity index is 634. The first-order chi connectivity index (χ1) is 8.46. The van der Waals surface area contributed by atoms with Crippen LogP contribution in [0.3, 0.4) is 0 Å². The molecule has 2 aromatic rings. The predicted octanol–water partition coefficient (Wildman–Crippen LogP) is 0.572. The van der Waals surface area contributed by atoms with Gasteiger partial charge in [-0.25, -0.2) is 8.42 Å². The molecule has 0 saturated carbocycles. The lowest BCUT2D eigenvalue weighted by Gasteiger charge is -1.99. The van der Waals surface area contributed by atoms with Gasteiger partial charge in [-0.15, -0.1) is 0 Å². The van der Waals surface area contributed by atoms with E-state index >= 15 is 0 Å². The van der Waals surface area contributed by atoms with Crippen LogP contribution in [-0.2, 0) is 16.4 Å². The molecule has 18 heavy (non-hydrogen) atoms. The molecule has 0 unspecified atom stereocenters. The monoisotopic (exact) mass is 266 g/mol. The standard InChI is InChI=1S/C11H14N4O2S/c1-18(16,17)7-6-15-8-10(12)11(14-15)9-2-4-13-5-3-9/h2-5,8H,6-7,12H2,1H3. The molecule has 96 valence electrons. The van der Waals surface area contributed by atoms with Gasteiger partial charge in [0.1, 0.15) is 15.5 Å². The molecule has 0 aliphatic rings. The molecule has 2 aromatic heterocycles. The summed E-state index contributed by atoms with van der Waals surface area (Å²) < 4.78 is 23.7. The van der Waals surface area contributed by atoms with Crippen molar-refractivity contribution in [2.75, 3.05) is 17.7 Å². The highest BCUT2D eigenvalue weighted by Gasteiger charge is 2.09. The summed E-state index contributed by atoms with van der Waals surface area (Å²) in [6.45, 7) is 0.300. The van der Waals surface area contributed by atoms with Crippen molar-refractivity contribution in [3.8, 4) is 11.3 Å². The number of nitrogens with two attached hydrogens (primary N) is 1. The number of aryl methyl sites for hydroxylation is 1. The fourth-order valence-electron chi connectivity index (χ4n) is 1.54. The maximum absolute atomic E-state index is 11.1. The summed E-state index contributed by atoms with van der Waals surface area (Å²) in [5.74, 6) is 0.0455. The molecular formula is C11H14N4O2S. The quantitative estimate of drug-likeness (QED) is 0.873. The number of aromatic nitrogens is 3. The Morgan fingerprint density at radius 3 is 2.61 bits per heavy atom. The van der Waals surface area contributed by atoms with Crippen LogP contribution >= 0.6 is 0 Å². The third-order valence-corrected chi connectivity index (χ3v) is 3.36. The van der Waals surface area contributed by atoms with Gasteiger partial charge in [-0.05, 0) is 12.1 Å². The molecule has 0 bridgehead atoms. The molecule has 0 fully saturated rings. The van der Waals surface area contributed by atoms with Crippen molar-refractivity contribution in [3.63, 3.8) is 0 Å². The smallest absolute Gasteiger partial charge is 0.149 e. The van der Waals surface area contributed by atoms with Gasteiger partial charge in [0.2, 0.25) is 0 Å². The van der Waals surface area contributed by atoms with E-state index in [0.717, 1.165) is 5.56 Å². The molecule has 0 amide bonds. The number of rotatable bonds is 4. The minimum absolute atomic E-state index is 0.0455. The van der Waals surface area contributed by atoms with E-state index in [1.54, 1.807) is 35.4 Å². The first-order valence-electron chi connectivity index (χ1n) is 5.37. The van der Waals surface area contributed by atoms with Crippen LogP contribution in [0.5, 0.6) is 0 Å². The van der Waals surface area contributed by atoms with E-state index in [4.69, 9.17) is 5.73 Å². The molecule has 0 radical (unpaired) electrons. The first-order valence-corrected chi connectivity index (χ1v) is 7.43. The zero-order valence-corrected chi connectivity index (χ0v) is 10.8. The van der Waals surface area contributed by atoms with Crippen LogP contribution in [0, 0.1) is 0 Å². The number of sulfone groups is 1. The topological polar surface area (TPSA) is 90.9 Å².